The number of rotatable bonds is 6. The first-order valence-corrected chi connectivity index (χ1v) is 5.98. The predicted octanol–water partition coefficient (Wildman–Crippen LogP) is 2.67. The Balaban J connectivity index is 1.64. The Morgan fingerprint density at radius 1 is 1.00 bits per heavy atom. The van der Waals surface area contributed by atoms with Crippen LogP contribution < -0.4 is 5.32 Å². The minimum atomic E-state index is 0.805. The Kier molecular flexibility index (Phi) is 2.92. The van der Waals surface area contributed by atoms with Crippen LogP contribution in [0.3, 0.4) is 0 Å². The second-order valence-electron chi connectivity index (χ2n) is 5.39. The summed E-state index contributed by atoms with van der Waals surface area (Å²) in [6, 6.07) is 0. The summed E-state index contributed by atoms with van der Waals surface area (Å²) >= 11 is 0. The Morgan fingerprint density at radius 2 is 1.54 bits per heavy atom. The molecule has 0 amide bonds. The largest absolute Gasteiger partial charge is 0.316 e. The molecular formula is C12H23N. The number of nitrogens with one attached hydrogen (secondary N) is 1. The van der Waals surface area contributed by atoms with Gasteiger partial charge in [-0.2, -0.15) is 0 Å². The van der Waals surface area contributed by atoms with E-state index in [0.717, 1.165) is 23.7 Å². The molecule has 2 aliphatic carbocycles. The first kappa shape index (κ1) is 9.51. The van der Waals surface area contributed by atoms with Crippen molar-refractivity contribution in [2.45, 2.75) is 39.5 Å². The molecule has 0 atom stereocenters. The predicted molar refractivity (Wildman–Crippen MR) is 56.6 cm³/mol. The first-order chi connectivity index (χ1) is 6.27. The van der Waals surface area contributed by atoms with Gasteiger partial charge in [0.2, 0.25) is 0 Å². The third kappa shape index (κ3) is 2.98. The van der Waals surface area contributed by atoms with Crippen LogP contribution in [0.25, 0.3) is 0 Å². The van der Waals surface area contributed by atoms with Crippen LogP contribution >= 0.6 is 0 Å². The van der Waals surface area contributed by atoms with E-state index in [0.29, 0.717) is 0 Å². The molecule has 0 bridgehead atoms. The quantitative estimate of drug-likeness (QED) is 0.664. The van der Waals surface area contributed by atoms with Gasteiger partial charge in [0.05, 0.1) is 0 Å². The molecule has 2 fully saturated rings. The molecule has 1 N–H and O–H groups in total. The lowest BCUT2D eigenvalue weighted by atomic mass is 9.98. The van der Waals surface area contributed by atoms with Crippen molar-refractivity contribution in [3.63, 3.8) is 0 Å². The van der Waals surface area contributed by atoms with Crippen molar-refractivity contribution in [3.8, 4) is 0 Å². The standard InChI is InChI=1S/C12H23N/c1-9(2)7-13-8-12(10-3-4-10)11-5-6-11/h9-13H,3-8H2,1-2H3. The SMILES string of the molecule is CC(C)CNCC(C1CC1)C1CC1. The molecule has 0 unspecified atom stereocenters. The summed E-state index contributed by atoms with van der Waals surface area (Å²) in [6.07, 6.45) is 6.07. The Bertz CT molecular complexity index is 145. The average molecular weight is 181 g/mol. The lowest BCUT2D eigenvalue weighted by molar-refractivity contribution is 0.369. The molecule has 0 aliphatic heterocycles. The van der Waals surface area contributed by atoms with Crippen LogP contribution in [0.5, 0.6) is 0 Å². The number of hydrogen-bond donors (Lipinski definition) is 1. The van der Waals surface area contributed by atoms with Gasteiger partial charge in [-0.05, 0) is 62.4 Å². The molecule has 0 radical (unpaired) electrons. The molecule has 2 saturated carbocycles. The molecule has 0 saturated heterocycles. The smallest absolute Gasteiger partial charge is 0.00151 e. The number of hydrogen-bond acceptors (Lipinski definition) is 1. The maximum Gasteiger partial charge on any atom is -0.00151 e. The third-order valence-corrected chi connectivity index (χ3v) is 3.39. The highest BCUT2D eigenvalue weighted by Gasteiger charge is 2.40. The lowest BCUT2D eigenvalue weighted by Gasteiger charge is -2.17. The molecule has 1 heteroatoms. The summed E-state index contributed by atoms with van der Waals surface area (Å²) in [5.74, 6) is 4.05. The van der Waals surface area contributed by atoms with Crippen molar-refractivity contribution < 1.29 is 0 Å². The van der Waals surface area contributed by atoms with Gasteiger partial charge in [0.15, 0.2) is 0 Å². The van der Waals surface area contributed by atoms with Crippen LogP contribution in [0.1, 0.15) is 39.5 Å². The van der Waals surface area contributed by atoms with E-state index in [4.69, 9.17) is 0 Å². The first-order valence-electron chi connectivity index (χ1n) is 5.98. The fraction of sp³-hybridized carbons (Fsp3) is 1.00. The Labute approximate surface area is 82.3 Å². The van der Waals surface area contributed by atoms with Crippen LogP contribution in [0.4, 0.5) is 0 Å². The summed E-state index contributed by atoms with van der Waals surface area (Å²) in [6.45, 7) is 7.08. The Hall–Kier alpha value is -0.0400. The van der Waals surface area contributed by atoms with Crippen molar-refractivity contribution in [3.05, 3.63) is 0 Å². The maximum atomic E-state index is 3.63. The van der Waals surface area contributed by atoms with Crippen molar-refractivity contribution >= 4 is 0 Å². The minimum Gasteiger partial charge on any atom is -0.316 e. The zero-order valence-corrected chi connectivity index (χ0v) is 9.05. The molecule has 0 heterocycles. The van der Waals surface area contributed by atoms with Crippen molar-refractivity contribution in [1.82, 2.24) is 5.32 Å². The van der Waals surface area contributed by atoms with Crippen molar-refractivity contribution in [2.24, 2.45) is 23.7 Å². The molecule has 1 nitrogen and oxygen atoms in total. The van der Waals surface area contributed by atoms with Crippen molar-refractivity contribution in [2.75, 3.05) is 13.1 Å². The lowest BCUT2D eigenvalue weighted by Crippen LogP contribution is -2.28. The van der Waals surface area contributed by atoms with Gasteiger partial charge in [0.1, 0.15) is 0 Å². The topological polar surface area (TPSA) is 12.0 Å². The fourth-order valence-corrected chi connectivity index (χ4v) is 2.31. The van der Waals surface area contributed by atoms with E-state index in [1.54, 1.807) is 0 Å². The van der Waals surface area contributed by atoms with Gasteiger partial charge in [-0.1, -0.05) is 13.8 Å². The summed E-state index contributed by atoms with van der Waals surface area (Å²) in [7, 11) is 0. The third-order valence-electron chi connectivity index (χ3n) is 3.39. The molecule has 2 rings (SSSR count). The van der Waals surface area contributed by atoms with Gasteiger partial charge in [0, 0.05) is 0 Å². The highest BCUT2D eigenvalue weighted by molar-refractivity contribution is 4.92. The molecular weight excluding hydrogens is 158 g/mol. The van der Waals surface area contributed by atoms with Gasteiger partial charge in [-0.15, -0.1) is 0 Å². The minimum absolute atomic E-state index is 0.805. The van der Waals surface area contributed by atoms with Gasteiger partial charge in [-0.3, -0.25) is 0 Å². The fourth-order valence-electron chi connectivity index (χ4n) is 2.31. The zero-order chi connectivity index (χ0) is 9.26. The van der Waals surface area contributed by atoms with E-state index in [9.17, 15) is 0 Å². The van der Waals surface area contributed by atoms with E-state index in [1.807, 2.05) is 0 Å². The summed E-state index contributed by atoms with van der Waals surface area (Å²) in [4.78, 5) is 0. The maximum absolute atomic E-state index is 3.63. The molecule has 0 aromatic rings. The molecule has 13 heavy (non-hydrogen) atoms. The summed E-state index contributed by atoms with van der Waals surface area (Å²) in [5.41, 5.74) is 0. The molecule has 0 spiro atoms. The van der Waals surface area contributed by atoms with E-state index < -0.39 is 0 Å². The molecule has 0 aromatic carbocycles. The normalized spacial score (nSPS) is 23.1. The van der Waals surface area contributed by atoms with Gasteiger partial charge >= 0.3 is 0 Å². The summed E-state index contributed by atoms with van der Waals surface area (Å²) < 4.78 is 0. The van der Waals surface area contributed by atoms with E-state index in [2.05, 4.69) is 19.2 Å². The van der Waals surface area contributed by atoms with E-state index in [1.165, 1.54) is 38.8 Å². The van der Waals surface area contributed by atoms with E-state index in [-0.39, 0.29) is 0 Å². The van der Waals surface area contributed by atoms with Gasteiger partial charge < -0.3 is 5.32 Å². The van der Waals surface area contributed by atoms with Crippen LogP contribution in [0, 0.1) is 23.7 Å². The van der Waals surface area contributed by atoms with Crippen LogP contribution in [0.15, 0.2) is 0 Å². The highest BCUT2D eigenvalue weighted by Crippen LogP contribution is 2.48. The molecule has 0 aromatic heterocycles. The zero-order valence-electron chi connectivity index (χ0n) is 9.05. The van der Waals surface area contributed by atoms with Gasteiger partial charge in [-0.25, -0.2) is 0 Å². The monoisotopic (exact) mass is 181 g/mol. The van der Waals surface area contributed by atoms with Crippen LogP contribution in [0.2, 0.25) is 0 Å². The molecule has 2 aliphatic rings. The second kappa shape index (κ2) is 4.00. The van der Waals surface area contributed by atoms with Crippen LogP contribution in [-0.4, -0.2) is 13.1 Å². The average Bonchev–Trinajstić information content (AvgIpc) is 2.89. The van der Waals surface area contributed by atoms with E-state index >= 15 is 0 Å². The second-order valence-corrected chi connectivity index (χ2v) is 5.39. The van der Waals surface area contributed by atoms with Crippen molar-refractivity contribution in [1.29, 1.82) is 0 Å². The Morgan fingerprint density at radius 3 is 1.92 bits per heavy atom. The van der Waals surface area contributed by atoms with Crippen LogP contribution in [-0.2, 0) is 0 Å². The highest BCUT2D eigenvalue weighted by atomic mass is 14.9. The summed E-state index contributed by atoms with van der Waals surface area (Å²) in [5, 5.41) is 3.63. The van der Waals surface area contributed by atoms with Gasteiger partial charge in [0.25, 0.3) is 0 Å². The molecule has 76 valence electrons.